The zero-order chi connectivity index (χ0) is 13.8. The summed E-state index contributed by atoms with van der Waals surface area (Å²) in [6.07, 6.45) is 0. The molecule has 0 bridgehead atoms. The number of nitrogens with two attached hydrogens (primary N) is 1. The normalized spacial score (nSPS) is 10.4. The Morgan fingerprint density at radius 3 is 2.95 bits per heavy atom. The number of rotatable bonds is 4. The van der Waals surface area contributed by atoms with Gasteiger partial charge in [0.05, 0.1) is 5.69 Å². The van der Waals surface area contributed by atoms with Crippen LogP contribution in [0.5, 0.6) is 0 Å². The summed E-state index contributed by atoms with van der Waals surface area (Å²) in [4.78, 5) is 23.6. The molecule has 2 heterocycles. The maximum atomic E-state index is 10.9. The van der Waals surface area contributed by atoms with Crippen LogP contribution >= 0.6 is 23.1 Å². The minimum absolute atomic E-state index is 0.122. The lowest BCUT2D eigenvalue weighted by atomic mass is 10.4. The molecule has 0 saturated carbocycles. The van der Waals surface area contributed by atoms with E-state index < -0.39 is 0 Å². The molecule has 3 N–H and O–H groups in total. The number of thioether (sulfide) groups is 1. The average molecular weight is 295 g/mol. The Morgan fingerprint density at radius 1 is 1.47 bits per heavy atom. The van der Waals surface area contributed by atoms with E-state index in [1.807, 2.05) is 12.3 Å². The number of amides is 1. The van der Waals surface area contributed by atoms with Crippen LogP contribution < -0.4 is 11.1 Å². The van der Waals surface area contributed by atoms with E-state index in [9.17, 15) is 4.79 Å². The van der Waals surface area contributed by atoms with Crippen LogP contribution in [0.4, 0.5) is 10.9 Å². The van der Waals surface area contributed by atoms with Crippen LogP contribution in [-0.4, -0.2) is 20.9 Å². The lowest BCUT2D eigenvalue weighted by Crippen LogP contribution is -2.05. The fourth-order valence-corrected chi connectivity index (χ4v) is 3.01. The lowest BCUT2D eigenvalue weighted by Gasteiger charge is -2.01. The van der Waals surface area contributed by atoms with Crippen molar-refractivity contribution in [1.82, 2.24) is 15.0 Å². The molecule has 0 radical (unpaired) electrons. The number of nitrogen functional groups attached to an aromatic ring is 1. The van der Waals surface area contributed by atoms with Crippen LogP contribution in [-0.2, 0) is 10.5 Å². The van der Waals surface area contributed by atoms with Crippen LogP contribution in [0.3, 0.4) is 0 Å². The summed E-state index contributed by atoms with van der Waals surface area (Å²) in [6.45, 7) is 3.33. The van der Waals surface area contributed by atoms with Gasteiger partial charge in [0.1, 0.15) is 5.82 Å². The molecular formula is C11H13N5OS2. The lowest BCUT2D eigenvalue weighted by molar-refractivity contribution is -0.114. The van der Waals surface area contributed by atoms with Crippen molar-refractivity contribution in [2.75, 3.05) is 11.1 Å². The second-order valence-electron chi connectivity index (χ2n) is 3.83. The second kappa shape index (κ2) is 5.98. The minimum Gasteiger partial charge on any atom is -0.384 e. The monoisotopic (exact) mass is 295 g/mol. The van der Waals surface area contributed by atoms with Gasteiger partial charge in [0.2, 0.25) is 5.91 Å². The van der Waals surface area contributed by atoms with Crippen LogP contribution in [0.1, 0.15) is 18.3 Å². The summed E-state index contributed by atoms with van der Waals surface area (Å²) >= 11 is 2.86. The third-order valence-corrected chi connectivity index (χ3v) is 3.72. The number of nitrogens with zero attached hydrogens (tertiary/aromatic N) is 3. The summed E-state index contributed by atoms with van der Waals surface area (Å²) in [7, 11) is 0. The van der Waals surface area contributed by atoms with Gasteiger partial charge < -0.3 is 11.1 Å². The molecule has 0 atom stereocenters. The molecule has 6 nitrogen and oxygen atoms in total. The first-order valence-electron chi connectivity index (χ1n) is 5.49. The van der Waals surface area contributed by atoms with Gasteiger partial charge in [-0.15, -0.1) is 11.3 Å². The maximum Gasteiger partial charge on any atom is 0.223 e. The number of hydrogen-bond acceptors (Lipinski definition) is 7. The van der Waals surface area contributed by atoms with Crippen molar-refractivity contribution in [3.8, 4) is 0 Å². The number of thiazole rings is 1. The molecule has 2 rings (SSSR count). The fraction of sp³-hybridized carbons (Fsp3) is 0.273. The van der Waals surface area contributed by atoms with Gasteiger partial charge in [-0.25, -0.2) is 15.0 Å². The zero-order valence-corrected chi connectivity index (χ0v) is 12.1. The van der Waals surface area contributed by atoms with E-state index in [1.165, 1.54) is 30.0 Å². The van der Waals surface area contributed by atoms with Crippen molar-refractivity contribution >= 4 is 40.0 Å². The molecule has 0 aliphatic rings. The van der Waals surface area contributed by atoms with Crippen LogP contribution in [0, 0.1) is 6.92 Å². The molecule has 1 amide bonds. The maximum absolute atomic E-state index is 10.9. The minimum atomic E-state index is -0.122. The standard InChI is InChI=1S/C11H13N5OS2/c1-6-3-9(12)16-10(13-6)18-4-8-5-19-11(15-8)14-7(2)17/h3,5H,4H2,1-2H3,(H2,12,13,16)(H,14,15,17). The Kier molecular flexibility index (Phi) is 4.33. The average Bonchev–Trinajstić information content (AvgIpc) is 2.72. The first-order chi connectivity index (χ1) is 9.02. The highest BCUT2D eigenvalue weighted by Gasteiger charge is 2.06. The molecule has 0 aromatic carbocycles. The van der Waals surface area contributed by atoms with Gasteiger partial charge in [-0.05, 0) is 6.92 Å². The molecule has 2 aromatic heterocycles. The van der Waals surface area contributed by atoms with Gasteiger partial charge in [0.25, 0.3) is 0 Å². The van der Waals surface area contributed by atoms with Gasteiger partial charge in [-0.3, -0.25) is 4.79 Å². The van der Waals surface area contributed by atoms with E-state index in [-0.39, 0.29) is 5.91 Å². The van der Waals surface area contributed by atoms with Crippen molar-refractivity contribution in [1.29, 1.82) is 0 Å². The second-order valence-corrected chi connectivity index (χ2v) is 5.63. The number of hydrogen-bond donors (Lipinski definition) is 2. The number of carbonyl (C=O) groups is 1. The quantitative estimate of drug-likeness (QED) is 0.662. The molecular weight excluding hydrogens is 282 g/mol. The summed E-state index contributed by atoms with van der Waals surface area (Å²) in [5, 5.41) is 5.79. The third kappa shape index (κ3) is 4.18. The number of aromatic nitrogens is 3. The third-order valence-electron chi connectivity index (χ3n) is 2.04. The van der Waals surface area contributed by atoms with Gasteiger partial charge in [0.15, 0.2) is 10.3 Å². The molecule has 0 fully saturated rings. The predicted molar refractivity (Wildman–Crippen MR) is 77.2 cm³/mol. The van der Waals surface area contributed by atoms with Crippen LogP contribution in [0.25, 0.3) is 0 Å². The Hall–Kier alpha value is -1.67. The highest BCUT2D eigenvalue weighted by Crippen LogP contribution is 2.23. The highest BCUT2D eigenvalue weighted by atomic mass is 32.2. The van der Waals surface area contributed by atoms with Crippen molar-refractivity contribution in [3.63, 3.8) is 0 Å². The molecule has 8 heteroatoms. The molecule has 100 valence electrons. The van der Waals surface area contributed by atoms with E-state index in [2.05, 4.69) is 20.3 Å². The van der Waals surface area contributed by atoms with E-state index >= 15 is 0 Å². The Labute approximate surface area is 118 Å². The molecule has 0 spiro atoms. The number of nitrogens with one attached hydrogen (secondary N) is 1. The summed E-state index contributed by atoms with van der Waals surface area (Å²) in [6, 6.07) is 1.72. The summed E-state index contributed by atoms with van der Waals surface area (Å²) in [5.41, 5.74) is 7.38. The molecule has 0 aliphatic carbocycles. The Morgan fingerprint density at radius 2 is 2.26 bits per heavy atom. The SMILES string of the molecule is CC(=O)Nc1nc(CSc2nc(C)cc(N)n2)cs1. The van der Waals surface area contributed by atoms with Gasteiger partial charge >= 0.3 is 0 Å². The number of anilines is 2. The van der Waals surface area contributed by atoms with Crippen molar-refractivity contribution in [2.45, 2.75) is 24.8 Å². The largest absolute Gasteiger partial charge is 0.384 e. The van der Waals surface area contributed by atoms with Crippen LogP contribution in [0.15, 0.2) is 16.6 Å². The smallest absolute Gasteiger partial charge is 0.223 e. The first-order valence-corrected chi connectivity index (χ1v) is 7.35. The van der Waals surface area contributed by atoms with Gasteiger partial charge in [-0.1, -0.05) is 11.8 Å². The van der Waals surface area contributed by atoms with Crippen LogP contribution in [0.2, 0.25) is 0 Å². The summed E-state index contributed by atoms with van der Waals surface area (Å²) < 4.78 is 0. The van der Waals surface area contributed by atoms with Crippen molar-refractivity contribution in [2.24, 2.45) is 0 Å². The molecule has 0 saturated heterocycles. The van der Waals surface area contributed by atoms with Gasteiger partial charge in [-0.2, -0.15) is 0 Å². The Balaban J connectivity index is 1.98. The zero-order valence-electron chi connectivity index (χ0n) is 10.5. The fourth-order valence-electron chi connectivity index (χ4n) is 1.35. The summed E-state index contributed by atoms with van der Waals surface area (Å²) in [5.74, 6) is 0.981. The molecule has 0 unspecified atom stereocenters. The first kappa shape index (κ1) is 13.8. The molecule has 0 aliphatic heterocycles. The topological polar surface area (TPSA) is 93.8 Å². The molecule has 2 aromatic rings. The van der Waals surface area contributed by atoms with E-state index in [4.69, 9.17) is 5.73 Å². The number of aryl methyl sites for hydroxylation is 1. The predicted octanol–water partition coefficient (Wildman–Crippen LogP) is 2.07. The number of carbonyl (C=O) groups excluding carboxylic acids is 1. The van der Waals surface area contributed by atoms with Crippen molar-refractivity contribution in [3.05, 3.63) is 22.8 Å². The van der Waals surface area contributed by atoms with E-state index in [1.54, 1.807) is 6.07 Å². The Bertz CT molecular complexity index is 578. The van der Waals surface area contributed by atoms with Crippen molar-refractivity contribution < 1.29 is 4.79 Å². The van der Waals surface area contributed by atoms with Gasteiger partial charge in [0, 0.05) is 29.8 Å². The van der Waals surface area contributed by atoms with E-state index in [0.29, 0.717) is 21.9 Å². The molecule has 19 heavy (non-hydrogen) atoms. The highest BCUT2D eigenvalue weighted by molar-refractivity contribution is 7.98. The van der Waals surface area contributed by atoms with E-state index in [0.717, 1.165) is 11.4 Å².